The lowest BCUT2D eigenvalue weighted by molar-refractivity contribution is -0.139. The smallest absolute Gasteiger partial charge is 0.264 e. The minimum atomic E-state index is -4.16. The Balaban J connectivity index is 2.11. The summed E-state index contributed by atoms with van der Waals surface area (Å²) in [5.41, 5.74) is 2.85. The zero-order valence-corrected chi connectivity index (χ0v) is 22.6. The Morgan fingerprint density at radius 1 is 0.973 bits per heavy atom. The number of carbonyl (C=O) groups is 2. The van der Waals surface area contributed by atoms with E-state index in [1.54, 1.807) is 43.3 Å². The summed E-state index contributed by atoms with van der Waals surface area (Å²) in [4.78, 5) is 27.9. The third kappa shape index (κ3) is 6.29. The standard InChI is InChI=1S/C28H33N3O5S/c1-20-15-16-26(36-5)25(17-20)31(37(34,35)24-13-7-6-8-14-24)19-27(32)30(22(3)28(33)29-4)18-23-12-10-9-11-21(23)2/h6-17,22H,18-19H2,1-5H3,(H,29,33)/t22-/m0/s1. The molecule has 1 atom stereocenters. The van der Waals surface area contributed by atoms with Gasteiger partial charge in [0.05, 0.1) is 17.7 Å². The third-order valence-corrected chi connectivity index (χ3v) is 8.00. The largest absolute Gasteiger partial charge is 0.495 e. The lowest BCUT2D eigenvalue weighted by atomic mass is 10.1. The number of benzene rings is 3. The molecule has 0 heterocycles. The first-order chi connectivity index (χ1) is 17.6. The van der Waals surface area contributed by atoms with E-state index in [4.69, 9.17) is 4.74 Å². The van der Waals surface area contributed by atoms with E-state index >= 15 is 0 Å². The Kier molecular flexibility index (Phi) is 8.94. The molecule has 37 heavy (non-hydrogen) atoms. The lowest BCUT2D eigenvalue weighted by Gasteiger charge is -2.32. The normalized spacial score (nSPS) is 11.9. The summed E-state index contributed by atoms with van der Waals surface area (Å²) in [6.45, 7) is 5.00. The van der Waals surface area contributed by atoms with Gasteiger partial charge in [-0.1, -0.05) is 48.5 Å². The number of anilines is 1. The SMILES string of the molecule is CNC(=O)[C@H](C)N(Cc1ccccc1C)C(=O)CN(c1cc(C)ccc1OC)S(=O)(=O)c1ccccc1. The van der Waals surface area contributed by atoms with Gasteiger partial charge in [-0.25, -0.2) is 8.42 Å². The van der Waals surface area contributed by atoms with Crippen LogP contribution in [0.4, 0.5) is 5.69 Å². The number of likely N-dealkylation sites (N-methyl/N-ethyl adjacent to an activating group) is 1. The number of nitrogens with zero attached hydrogens (tertiary/aromatic N) is 2. The fourth-order valence-electron chi connectivity index (χ4n) is 3.99. The zero-order valence-electron chi connectivity index (χ0n) is 21.8. The highest BCUT2D eigenvalue weighted by molar-refractivity contribution is 7.92. The van der Waals surface area contributed by atoms with Gasteiger partial charge in [0.1, 0.15) is 18.3 Å². The fraction of sp³-hybridized carbons (Fsp3) is 0.286. The Bertz CT molecular complexity index is 1360. The first kappa shape index (κ1) is 27.7. The summed E-state index contributed by atoms with van der Waals surface area (Å²) in [5, 5.41) is 2.58. The Labute approximate surface area is 218 Å². The second kappa shape index (κ2) is 11.9. The van der Waals surface area contributed by atoms with Crippen molar-refractivity contribution in [3.05, 3.63) is 89.5 Å². The van der Waals surface area contributed by atoms with E-state index in [1.807, 2.05) is 38.1 Å². The molecule has 0 aliphatic heterocycles. The molecule has 0 bridgehead atoms. The van der Waals surface area contributed by atoms with Gasteiger partial charge in [0, 0.05) is 13.6 Å². The Hall–Kier alpha value is -3.85. The van der Waals surface area contributed by atoms with Gasteiger partial charge in [-0.3, -0.25) is 13.9 Å². The topological polar surface area (TPSA) is 96.0 Å². The Morgan fingerprint density at radius 3 is 2.24 bits per heavy atom. The average molecular weight is 524 g/mol. The minimum absolute atomic E-state index is 0.0381. The molecule has 0 saturated carbocycles. The molecule has 0 saturated heterocycles. The first-order valence-electron chi connectivity index (χ1n) is 11.9. The first-order valence-corrected chi connectivity index (χ1v) is 13.3. The summed E-state index contributed by atoms with van der Waals surface area (Å²) in [5.74, 6) is -0.572. The number of sulfonamides is 1. The maximum absolute atomic E-state index is 13.9. The molecule has 0 spiro atoms. The minimum Gasteiger partial charge on any atom is -0.495 e. The van der Waals surface area contributed by atoms with Gasteiger partial charge in [0.15, 0.2) is 0 Å². The molecule has 2 amide bonds. The van der Waals surface area contributed by atoms with Gasteiger partial charge in [0.25, 0.3) is 10.0 Å². The molecule has 0 aliphatic rings. The third-order valence-electron chi connectivity index (χ3n) is 6.23. The molecule has 0 radical (unpaired) electrons. The summed E-state index contributed by atoms with van der Waals surface area (Å²) in [7, 11) is -1.21. The zero-order chi connectivity index (χ0) is 27.2. The second-order valence-corrected chi connectivity index (χ2v) is 10.6. The Morgan fingerprint density at radius 2 is 1.62 bits per heavy atom. The van der Waals surface area contributed by atoms with Crippen LogP contribution in [0.15, 0.2) is 77.7 Å². The highest BCUT2D eigenvalue weighted by Gasteiger charge is 2.33. The van der Waals surface area contributed by atoms with Crippen LogP contribution in [0.5, 0.6) is 5.75 Å². The van der Waals surface area contributed by atoms with E-state index in [-0.39, 0.29) is 23.0 Å². The van der Waals surface area contributed by atoms with Crippen molar-refractivity contribution < 1.29 is 22.7 Å². The van der Waals surface area contributed by atoms with Gasteiger partial charge in [-0.05, 0) is 61.7 Å². The molecule has 3 rings (SSSR count). The van der Waals surface area contributed by atoms with Crippen LogP contribution in [0.1, 0.15) is 23.6 Å². The summed E-state index contributed by atoms with van der Waals surface area (Å²) >= 11 is 0. The number of carbonyl (C=O) groups excluding carboxylic acids is 2. The molecule has 3 aromatic carbocycles. The molecule has 0 fully saturated rings. The van der Waals surface area contributed by atoms with Gasteiger partial charge in [-0.2, -0.15) is 0 Å². The predicted octanol–water partition coefficient (Wildman–Crippen LogP) is 3.67. The van der Waals surface area contributed by atoms with Crippen molar-refractivity contribution >= 4 is 27.5 Å². The molecule has 3 aromatic rings. The monoisotopic (exact) mass is 523 g/mol. The van der Waals surface area contributed by atoms with Crippen molar-refractivity contribution in [2.75, 3.05) is 25.0 Å². The molecular weight excluding hydrogens is 490 g/mol. The van der Waals surface area contributed by atoms with Crippen LogP contribution in [0.25, 0.3) is 0 Å². The molecule has 0 aromatic heterocycles. The summed E-state index contributed by atoms with van der Waals surface area (Å²) < 4.78 is 34.3. The second-order valence-electron chi connectivity index (χ2n) is 8.74. The molecule has 196 valence electrons. The van der Waals surface area contributed by atoms with Gasteiger partial charge in [-0.15, -0.1) is 0 Å². The maximum atomic E-state index is 13.9. The van der Waals surface area contributed by atoms with Crippen molar-refractivity contribution in [3.8, 4) is 5.75 Å². The van der Waals surface area contributed by atoms with Gasteiger partial charge >= 0.3 is 0 Å². The van der Waals surface area contributed by atoms with E-state index in [9.17, 15) is 18.0 Å². The summed E-state index contributed by atoms with van der Waals surface area (Å²) in [6.07, 6.45) is 0. The molecule has 0 aliphatic carbocycles. The van der Waals surface area contributed by atoms with Crippen molar-refractivity contribution in [1.82, 2.24) is 10.2 Å². The average Bonchev–Trinajstić information content (AvgIpc) is 2.90. The van der Waals surface area contributed by atoms with Gasteiger partial charge < -0.3 is 15.0 Å². The van der Waals surface area contributed by atoms with Gasteiger partial charge in [0.2, 0.25) is 11.8 Å². The highest BCUT2D eigenvalue weighted by atomic mass is 32.2. The van der Waals surface area contributed by atoms with Crippen molar-refractivity contribution in [2.45, 2.75) is 38.3 Å². The van der Waals surface area contributed by atoms with Crippen LogP contribution >= 0.6 is 0 Å². The van der Waals surface area contributed by atoms with E-state index in [1.165, 1.54) is 31.2 Å². The molecule has 8 nitrogen and oxygen atoms in total. The number of rotatable bonds is 10. The van der Waals surface area contributed by atoms with Crippen LogP contribution in [-0.2, 0) is 26.2 Å². The van der Waals surface area contributed by atoms with E-state index in [0.29, 0.717) is 5.75 Å². The van der Waals surface area contributed by atoms with Crippen LogP contribution < -0.4 is 14.4 Å². The van der Waals surface area contributed by atoms with E-state index in [0.717, 1.165) is 21.0 Å². The van der Waals surface area contributed by atoms with Crippen LogP contribution in [0, 0.1) is 13.8 Å². The van der Waals surface area contributed by atoms with Crippen LogP contribution in [0.2, 0.25) is 0 Å². The summed E-state index contributed by atoms with van der Waals surface area (Å²) in [6, 6.07) is 19.8. The van der Waals surface area contributed by atoms with E-state index < -0.39 is 28.5 Å². The number of hydrogen-bond donors (Lipinski definition) is 1. The van der Waals surface area contributed by atoms with Crippen LogP contribution in [-0.4, -0.2) is 51.9 Å². The predicted molar refractivity (Wildman–Crippen MR) is 144 cm³/mol. The number of aryl methyl sites for hydroxylation is 2. The van der Waals surface area contributed by atoms with Crippen molar-refractivity contribution in [3.63, 3.8) is 0 Å². The molecule has 9 heteroatoms. The van der Waals surface area contributed by atoms with Crippen molar-refractivity contribution in [2.24, 2.45) is 0 Å². The maximum Gasteiger partial charge on any atom is 0.264 e. The molecule has 1 N–H and O–H groups in total. The van der Waals surface area contributed by atoms with Crippen molar-refractivity contribution in [1.29, 1.82) is 0 Å². The fourth-order valence-corrected chi connectivity index (χ4v) is 5.43. The number of hydrogen-bond acceptors (Lipinski definition) is 5. The van der Waals surface area contributed by atoms with E-state index in [2.05, 4.69) is 5.32 Å². The quantitative estimate of drug-likeness (QED) is 0.438. The molecule has 0 unspecified atom stereocenters. The number of methoxy groups -OCH3 is 1. The number of nitrogens with one attached hydrogen (secondary N) is 1. The number of amides is 2. The number of ether oxygens (including phenoxy) is 1. The molecular formula is C28H33N3O5S. The van der Waals surface area contributed by atoms with Crippen LogP contribution in [0.3, 0.4) is 0 Å². The lowest BCUT2D eigenvalue weighted by Crippen LogP contribution is -2.50. The highest BCUT2D eigenvalue weighted by Crippen LogP contribution is 2.33.